The highest BCUT2D eigenvalue weighted by atomic mass is 35.5. The molecule has 3 heterocycles. The number of hydrogen-bond acceptors (Lipinski definition) is 12. The van der Waals surface area contributed by atoms with Crippen molar-refractivity contribution >= 4 is 29.4 Å². The van der Waals surface area contributed by atoms with Gasteiger partial charge in [-0.25, -0.2) is 4.79 Å². The van der Waals surface area contributed by atoms with E-state index in [0.717, 1.165) is 5.56 Å². The van der Waals surface area contributed by atoms with E-state index < -0.39 is 71.5 Å². The first kappa shape index (κ1) is 42.4. The summed E-state index contributed by atoms with van der Waals surface area (Å²) in [5.41, 5.74) is -1.15. The van der Waals surface area contributed by atoms with Gasteiger partial charge in [0.15, 0.2) is 17.7 Å². The lowest BCUT2D eigenvalue weighted by atomic mass is 9.78. The van der Waals surface area contributed by atoms with Crippen LogP contribution in [-0.4, -0.2) is 122 Å². The van der Waals surface area contributed by atoms with Crippen molar-refractivity contribution in [1.82, 2.24) is 20.9 Å². The number of benzene rings is 1. The van der Waals surface area contributed by atoms with Crippen LogP contribution in [0.15, 0.2) is 24.3 Å². The third-order valence-electron chi connectivity index (χ3n) is 11.3. The van der Waals surface area contributed by atoms with Crippen LogP contribution in [0.3, 0.4) is 0 Å². The number of halogens is 1. The topological polar surface area (TPSA) is 157 Å². The van der Waals surface area contributed by atoms with Crippen LogP contribution in [0.4, 0.5) is 4.79 Å². The number of cyclic esters (lactones) is 1. The second-order valence-corrected chi connectivity index (χ2v) is 16.1. The fourth-order valence-corrected chi connectivity index (χ4v) is 8.26. The highest BCUT2D eigenvalue weighted by molar-refractivity contribution is 6.30. The standard InChI is InChI=1S/C38H61ClN4O9/c1-11-29-38(7)32(42-36(47)52-38)24(5)41-18-21(2)17-37(6,48-10)33(22(3)30(44)23(4)34(46)50-29)51-35-31(45)28(43(8)9)16-27(49-35)20-40-19-25-12-14-26(39)15-13-25/h12-15,21-24,27-29,31-33,35,40-41,45H,11,16-20H2,1-10H3,(H,42,47)/t21-,22+,23?,24-,27?,28?,29-,31?,32-,33-,35+,37-,38-/m1/s1. The number of esters is 1. The zero-order valence-corrected chi connectivity index (χ0v) is 33.2. The number of hydrogen-bond donors (Lipinski definition) is 4. The average Bonchev–Trinajstić information content (AvgIpc) is 3.42. The van der Waals surface area contributed by atoms with Crippen LogP contribution in [0.5, 0.6) is 0 Å². The summed E-state index contributed by atoms with van der Waals surface area (Å²) in [6.07, 6.45) is -3.40. The molecule has 294 valence electrons. The number of carbonyl (C=O) groups is 3. The number of methoxy groups -OCH3 is 1. The number of Topliss-reactive ketones (excluding diaryl/α,β-unsaturated/α-hetero) is 1. The van der Waals surface area contributed by atoms with E-state index in [9.17, 15) is 19.5 Å². The van der Waals surface area contributed by atoms with Crippen molar-refractivity contribution in [3.63, 3.8) is 0 Å². The van der Waals surface area contributed by atoms with E-state index in [2.05, 4.69) is 22.9 Å². The van der Waals surface area contributed by atoms with Crippen LogP contribution < -0.4 is 16.0 Å². The number of likely N-dealkylation sites (N-methyl/N-ethyl adjacent to an activating group) is 1. The lowest BCUT2D eigenvalue weighted by Gasteiger charge is -2.47. The highest BCUT2D eigenvalue weighted by Gasteiger charge is 2.55. The fourth-order valence-electron chi connectivity index (χ4n) is 8.13. The molecule has 13 nitrogen and oxygen atoms in total. The third kappa shape index (κ3) is 9.65. The van der Waals surface area contributed by atoms with Crippen molar-refractivity contribution in [2.45, 2.75) is 134 Å². The fraction of sp³-hybridized carbons (Fsp3) is 0.763. The second kappa shape index (κ2) is 17.9. The number of amides is 1. The molecule has 1 aromatic carbocycles. The van der Waals surface area contributed by atoms with Gasteiger partial charge in [-0.15, -0.1) is 0 Å². The van der Waals surface area contributed by atoms with Crippen molar-refractivity contribution in [2.24, 2.45) is 17.8 Å². The summed E-state index contributed by atoms with van der Waals surface area (Å²) in [7, 11) is 5.39. The Labute approximate surface area is 314 Å². The summed E-state index contributed by atoms with van der Waals surface area (Å²) in [5.74, 6) is -3.16. The summed E-state index contributed by atoms with van der Waals surface area (Å²) in [6, 6.07) is 6.56. The number of carbonyl (C=O) groups excluding carboxylic acids is 3. The van der Waals surface area contributed by atoms with Crippen molar-refractivity contribution in [2.75, 3.05) is 34.3 Å². The zero-order valence-electron chi connectivity index (χ0n) is 32.4. The Kier molecular flexibility index (Phi) is 14.5. The molecule has 1 amide bonds. The number of aliphatic hydroxyl groups excluding tert-OH is 1. The molecular weight excluding hydrogens is 692 g/mol. The average molecular weight is 753 g/mol. The van der Waals surface area contributed by atoms with E-state index in [-0.39, 0.29) is 24.1 Å². The molecule has 0 radical (unpaired) electrons. The molecule has 3 aliphatic rings. The lowest BCUT2D eigenvalue weighted by molar-refractivity contribution is -0.297. The van der Waals surface area contributed by atoms with Gasteiger partial charge in [0.2, 0.25) is 0 Å². The molecule has 13 atom stereocenters. The van der Waals surface area contributed by atoms with Gasteiger partial charge >= 0.3 is 12.1 Å². The molecule has 0 bridgehead atoms. The van der Waals surface area contributed by atoms with Gasteiger partial charge < -0.3 is 49.6 Å². The highest BCUT2D eigenvalue weighted by Crippen LogP contribution is 2.37. The van der Waals surface area contributed by atoms with Gasteiger partial charge in [0.1, 0.15) is 18.1 Å². The Morgan fingerprint density at radius 2 is 1.77 bits per heavy atom. The SMILES string of the molecule is CC[C@H]1OC(=O)C(C)C(=O)[C@H](C)[C@@H](O[C@@H]2OC(CNCc3ccc(Cl)cc3)CC(N(C)C)C2O)[C@](C)(OC)C[C@@H](C)CN[C@H](C)[C@H]2NC(=O)O[C@@]21C. The third-order valence-corrected chi connectivity index (χ3v) is 11.6. The molecule has 0 aromatic heterocycles. The van der Waals surface area contributed by atoms with Crippen LogP contribution in [0, 0.1) is 17.8 Å². The van der Waals surface area contributed by atoms with Gasteiger partial charge in [0.05, 0.1) is 23.9 Å². The van der Waals surface area contributed by atoms with E-state index in [1.807, 2.05) is 64.0 Å². The largest absolute Gasteiger partial charge is 0.458 e. The van der Waals surface area contributed by atoms with Gasteiger partial charge in [0, 0.05) is 43.2 Å². The molecule has 4 rings (SSSR count). The van der Waals surface area contributed by atoms with Gasteiger partial charge in [0.25, 0.3) is 0 Å². The molecule has 1 aromatic rings. The number of ketones is 1. The maximum atomic E-state index is 14.3. The Morgan fingerprint density at radius 3 is 2.38 bits per heavy atom. The number of nitrogens with zero attached hydrogens (tertiary/aromatic N) is 1. The molecule has 0 aliphatic carbocycles. The number of nitrogens with one attached hydrogen (secondary N) is 3. The summed E-state index contributed by atoms with van der Waals surface area (Å²) < 4.78 is 31.2. The molecule has 0 saturated carbocycles. The first-order valence-electron chi connectivity index (χ1n) is 18.6. The van der Waals surface area contributed by atoms with Crippen molar-refractivity contribution in [3.8, 4) is 0 Å². The predicted octanol–water partition coefficient (Wildman–Crippen LogP) is 3.67. The Bertz CT molecular complexity index is 1370. The minimum absolute atomic E-state index is 0.00373. The Morgan fingerprint density at radius 1 is 1.10 bits per heavy atom. The number of rotatable bonds is 9. The number of fused-ring (bicyclic) bond motifs is 1. The molecular formula is C38H61ClN4O9. The number of ether oxygens (including phenoxy) is 5. The molecule has 4 unspecified atom stereocenters. The molecule has 3 fully saturated rings. The molecule has 3 saturated heterocycles. The van der Waals surface area contributed by atoms with Crippen LogP contribution in [0.2, 0.25) is 5.02 Å². The Balaban J connectivity index is 1.63. The molecule has 52 heavy (non-hydrogen) atoms. The summed E-state index contributed by atoms with van der Waals surface area (Å²) in [6.45, 7) is 14.4. The minimum atomic E-state index is -1.17. The van der Waals surface area contributed by atoms with E-state index >= 15 is 0 Å². The zero-order chi connectivity index (χ0) is 38.5. The van der Waals surface area contributed by atoms with Gasteiger partial charge in [-0.05, 0) is 91.2 Å². The van der Waals surface area contributed by atoms with E-state index in [0.29, 0.717) is 43.9 Å². The van der Waals surface area contributed by atoms with Gasteiger partial charge in [-0.3, -0.25) is 9.59 Å². The lowest BCUT2D eigenvalue weighted by Crippen LogP contribution is -2.60. The molecule has 3 aliphatic heterocycles. The van der Waals surface area contributed by atoms with Crippen molar-refractivity contribution < 1.29 is 43.2 Å². The quantitative estimate of drug-likeness (QED) is 0.215. The van der Waals surface area contributed by atoms with Crippen molar-refractivity contribution in [1.29, 1.82) is 0 Å². The van der Waals surface area contributed by atoms with Crippen LogP contribution >= 0.6 is 11.6 Å². The minimum Gasteiger partial charge on any atom is -0.458 e. The molecule has 0 spiro atoms. The van der Waals surface area contributed by atoms with E-state index in [1.165, 1.54) is 6.92 Å². The molecule has 4 N–H and O–H groups in total. The van der Waals surface area contributed by atoms with Gasteiger partial charge in [-0.2, -0.15) is 0 Å². The van der Waals surface area contributed by atoms with Crippen molar-refractivity contribution in [3.05, 3.63) is 34.9 Å². The monoisotopic (exact) mass is 752 g/mol. The summed E-state index contributed by atoms with van der Waals surface area (Å²) >= 11 is 6.06. The van der Waals surface area contributed by atoms with Crippen LogP contribution in [-0.2, 0) is 39.8 Å². The molecule has 14 heteroatoms. The summed E-state index contributed by atoms with van der Waals surface area (Å²) in [5, 5.41) is 22.2. The smallest absolute Gasteiger partial charge is 0.408 e. The summed E-state index contributed by atoms with van der Waals surface area (Å²) in [4.78, 5) is 42.5. The Hall–Kier alpha value is -2.36. The second-order valence-electron chi connectivity index (χ2n) is 15.7. The number of alkyl carbamates (subject to hydrolysis) is 1. The number of aliphatic hydroxyl groups is 1. The first-order valence-corrected chi connectivity index (χ1v) is 18.9. The normalized spacial score (nSPS) is 39.6. The van der Waals surface area contributed by atoms with E-state index in [4.69, 9.17) is 35.3 Å². The van der Waals surface area contributed by atoms with Gasteiger partial charge in [-0.1, -0.05) is 44.5 Å². The van der Waals surface area contributed by atoms with E-state index in [1.54, 1.807) is 21.0 Å². The van der Waals surface area contributed by atoms with Crippen LogP contribution in [0.1, 0.15) is 73.3 Å². The maximum Gasteiger partial charge on any atom is 0.408 e. The maximum absolute atomic E-state index is 14.3. The predicted molar refractivity (Wildman–Crippen MR) is 197 cm³/mol. The first-order chi connectivity index (χ1) is 24.4. The van der Waals surface area contributed by atoms with Crippen LogP contribution in [0.25, 0.3) is 0 Å².